The predicted octanol–water partition coefficient (Wildman–Crippen LogP) is 6.70. The fourth-order valence-corrected chi connectivity index (χ4v) is 3.04. The van der Waals surface area contributed by atoms with E-state index in [2.05, 4.69) is 17.4 Å². The molecule has 0 aliphatic rings. The number of ether oxygens (including phenoxy) is 1. The highest BCUT2D eigenvalue weighted by Gasteiger charge is 2.34. The normalized spacial score (nSPS) is 11.3. The van der Waals surface area contributed by atoms with Gasteiger partial charge in [-0.3, -0.25) is 0 Å². The van der Waals surface area contributed by atoms with Crippen LogP contribution in [0.4, 0.5) is 22.0 Å². The number of hydrogen-bond acceptors (Lipinski definition) is 3. The number of carbonyl (C=O) groups is 1. The molecule has 0 atom stereocenters. The molecule has 0 aromatic heterocycles. The molecule has 2 nitrogen and oxygen atoms in total. The molecule has 0 unspecified atom stereocenters. The molecule has 0 heterocycles. The van der Waals surface area contributed by atoms with E-state index in [1.54, 1.807) is 20.1 Å². The Bertz CT molecular complexity index is 950. The van der Waals surface area contributed by atoms with Crippen molar-refractivity contribution in [2.75, 3.05) is 12.9 Å². The molecule has 2 aromatic rings. The van der Waals surface area contributed by atoms with E-state index in [1.807, 2.05) is 0 Å². The van der Waals surface area contributed by atoms with E-state index in [1.165, 1.54) is 26.0 Å². The van der Waals surface area contributed by atoms with Gasteiger partial charge in [0, 0.05) is 17.2 Å². The number of rotatable bonds is 4. The maximum absolute atomic E-state index is 15.1. The van der Waals surface area contributed by atoms with E-state index in [0.717, 1.165) is 18.2 Å². The summed E-state index contributed by atoms with van der Waals surface area (Å²) in [7, 11) is 0. The number of halogens is 5. The van der Waals surface area contributed by atoms with Gasteiger partial charge in [-0.2, -0.15) is 25.8 Å². The van der Waals surface area contributed by atoms with Crippen LogP contribution < -0.4 is 0 Å². The number of aryl methyl sites for hydroxylation is 2. The van der Waals surface area contributed by atoms with E-state index in [4.69, 9.17) is 0 Å². The monoisotopic (exact) mass is 446 g/mol. The van der Waals surface area contributed by atoms with Crippen molar-refractivity contribution in [2.45, 2.75) is 33.9 Å². The Labute approximate surface area is 178 Å². The molecular formula is C22H23F5O2S. The van der Waals surface area contributed by atoms with Gasteiger partial charge in [0.15, 0.2) is 0 Å². The van der Waals surface area contributed by atoms with Crippen LogP contribution >= 0.6 is 12.6 Å². The zero-order valence-electron chi connectivity index (χ0n) is 17.2. The largest absolute Gasteiger partial charge is 0.463 e. The second kappa shape index (κ2) is 10.6. The second-order valence-corrected chi connectivity index (χ2v) is 6.30. The van der Waals surface area contributed by atoms with Crippen LogP contribution in [0.15, 0.2) is 24.3 Å². The topological polar surface area (TPSA) is 26.3 Å². The van der Waals surface area contributed by atoms with Gasteiger partial charge in [-0.1, -0.05) is 6.07 Å². The summed E-state index contributed by atoms with van der Waals surface area (Å²) >= 11 is 3.53. The van der Waals surface area contributed by atoms with Gasteiger partial charge in [0.1, 0.15) is 11.6 Å². The van der Waals surface area contributed by atoms with Gasteiger partial charge < -0.3 is 4.74 Å². The number of thiol groups is 1. The first-order valence-corrected chi connectivity index (χ1v) is 9.84. The van der Waals surface area contributed by atoms with E-state index in [-0.39, 0.29) is 28.9 Å². The summed E-state index contributed by atoms with van der Waals surface area (Å²) in [4.78, 5) is 11.5. The minimum Gasteiger partial charge on any atom is -0.463 e. The molecule has 0 aliphatic heterocycles. The van der Waals surface area contributed by atoms with Crippen LogP contribution in [0, 0.1) is 32.4 Å². The zero-order chi connectivity index (χ0) is 23.2. The van der Waals surface area contributed by atoms with Crippen LogP contribution in [0.25, 0.3) is 17.2 Å². The third kappa shape index (κ3) is 5.62. The maximum Gasteiger partial charge on any atom is 0.416 e. The lowest BCUT2D eigenvalue weighted by molar-refractivity contribution is -0.138. The van der Waals surface area contributed by atoms with Crippen LogP contribution in [0.2, 0.25) is 0 Å². The molecule has 2 rings (SSSR count). The smallest absolute Gasteiger partial charge is 0.416 e. The van der Waals surface area contributed by atoms with Crippen molar-refractivity contribution in [3.8, 4) is 11.1 Å². The lowest BCUT2D eigenvalue weighted by Gasteiger charge is -2.18. The van der Waals surface area contributed by atoms with Crippen molar-refractivity contribution in [1.29, 1.82) is 0 Å². The van der Waals surface area contributed by atoms with Crippen LogP contribution in [0.3, 0.4) is 0 Å². The summed E-state index contributed by atoms with van der Waals surface area (Å²) in [5, 5.41) is 0. The van der Waals surface area contributed by atoms with Crippen molar-refractivity contribution in [1.82, 2.24) is 0 Å². The first-order valence-electron chi connectivity index (χ1n) is 8.94. The van der Waals surface area contributed by atoms with E-state index in [9.17, 15) is 22.4 Å². The Hall–Kier alpha value is -2.35. The van der Waals surface area contributed by atoms with Crippen LogP contribution in [-0.4, -0.2) is 18.8 Å². The molecule has 164 valence electrons. The third-order valence-electron chi connectivity index (χ3n) is 4.34. The summed E-state index contributed by atoms with van der Waals surface area (Å²) in [6.45, 7) is 5.84. The lowest BCUT2D eigenvalue weighted by atomic mass is 9.89. The number of esters is 1. The minimum atomic E-state index is -4.61. The molecule has 8 heteroatoms. The molecule has 0 N–H and O–H groups in total. The molecule has 30 heavy (non-hydrogen) atoms. The molecule has 0 spiro atoms. The van der Waals surface area contributed by atoms with Gasteiger partial charge in [-0.15, -0.1) is 0 Å². The lowest BCUT2D eigenvalue weighted by Crippen LogP contribution is -2.09. The van der Waals surface area contributed by atoms with Crippen molar-refractivity contribution >= 4 is 24.7 Å². The molecular weight excluding hydrogens is 423 g/mol. The molecule has 0 radical (unpaired) electrons. The minimum absolute atomic E-state index is 0.0381. The number of carbonyl (C=O) groups excluding carboxylic acids is 1. The van der Waals surface area contributed by atoms with Crippen molar-refractivity contribution in [2.24, 2.45) is 0 Å². The van der Waals surface area contributed by atoms with Gasteiger partial charge in [0.05, 0.1) is 12.2 Å². The summed E-state index contributed by atoms with van der Waals surface area (Å²) in [6.07, 6.45) is -1.11. The highest BCUT2D eigenvalue weighted by atomic mass is 32.1. The average Bonchev–Trinajstić information content (AvgIpc) is 2.66. The summed E-state index contributed by atoms with van der Waals surface area (Å²) in [6, 6.07) is 3.35. The molecule has 0 saturated heterocycles. The summed E-state index contributed by atoms with van der Waals surface area (Å²) in [5.74, 6) is -2.73. The van der Waals surface area contributed by atoms with Gasteiger partial charge in [-0.05, 0) is 74.4 Å². The Morgan fingerprint density at radius 3 is 2.20 bits per heavy atom. The first kappa shape index (κ1) is 25.7. The van der Waals surface area contributed by atoms with E-state index < -0.39 is 34.9 Å². The van der Waals surface area contributed by atoms with E-state index in [0.29, 0.717) is 5.56 Å². The van der Waals surface area contributed by atoms with Crippen LogP contribution in [0.5, 0.6) is 0 Å². The summed E-state index contributed by atoms with van der Waals surface area (Å²) < 4.78 is 74.0. The quantitative estimate of drug-likeness (QED) is 0.245. The number of hydrogen-bond donors (Lipinski definition) is 1. The molecule has 0 bridgehead atoms. The molecule has 0 fully saturated rings. The maximum atomic E-state index is 15.1. The fourth-order valence-electron chi connectivity index (χ4n) is 3.04. The Morgan fingerprint density at radius 1 is 1.07 bits per heavy atom. The molecule has 2 aromatic carbocycles. The Kier molecular flexibility index (Phi) is 9.09. The number of alkyl halides is 3. The Morgan fingerprint density at radius 2 is 1.67 bits per heavy atom. The zero-order valence-corrected chi connectivity index (χ0v) is 18.1. The molecule has 0 saturated carbocycles. The van der Waals surface area contributed by atoms with Crippen LogP contribution in [-0.2, 0) is 15.7 Å². The SMILES string of the molecule is CCOC(=O)/C=C\c1c(F)c(C)cc(-c2c(C)ccc(C(F)(F)F)c2C)c1F.CS. The van der Waals surface area contributed by atoms with Gasteiger partial charge >= 0.3 is 12.1 Å². The Balaban J connectivity index is 0.00000218. The predicted molar refractivity (Wildman–Crippen MR) is 112 cm³/mol. The average molecular weight is 446 g/mol. The van der Waals surface area contributed by atoms with Crippen molar-refractivity contribution < 1.29 is 31.5 Å². The van der Waals surface area contributed by atoms with Gasteiger partial charge in [0.25, 0.3) is 0 Å². The fraction of sp³-hybridized carbons (Fsp3) is 0.318. The molecule has 0 amide bonds. The number of benzene rings is 2. The van der Waals surface area contributed by atoms with Crippen molar-refractivity contribution in [3.63, 3.8) is 0 Å². The van der Waals surface area contributed by atoms with Crippen molar-refractivity contribution in [3.05, 3.63) is 63.7 Å². The standard InChI is InChI=1S/C21H19F5O2.CH4S/c1-5-28-17(27)9-7-14-19(22)12(3)10-15(20(14)23)18-11(2)6-8-16(13(18)4)21(24,25)26;1-2/h6-10H,5H2,1-4H3;2H,1H3/b9-7-;. The second-order valence-electron chi connectivity index (χ2n) is 6.30. The van der Waals surface area contributed by atoms with E-state index >= 15 is 4.39 Å². The third-order valence-corrected chi connectivity index (χ3v) is 4.34. The molecule has 0 aliphatic carbocycles. The summed E-state index contributed by atoms with van der Waals surface area (Å²) in [5.41, 5.74) is -1.23. The van der Waals surface area contributed by atoms with Gasteiger partial charge in [0.2, 0.25) is 0 Å². The van der Waals surface area contributed by atoms with Gasteiger partial charge in [-0.25, -0.2) is 13.6 Å². The first-order chi connectivity index (χ1) is 14.0. The highest BCUT2D eigenvalue weighted by molar-refractivity contribution is 7.79. The van der Waals surface area contributed by atoms with Crippen LogP contribution in [0.1, 0.15) is 34.7 Å². The highest BCUT2D eigenvalue weighted by Crippen LogP contribution is 2.40.